The average Bonchev–Trinajstić information content (AvgIpc) is 2.39. The van der Waals surface area contributed by atoms with Gasteiger partial charge >= 0.3 is 5.69 Å². The van der Waals surface area contributed by atoms with E-state index in [4.69, 9.17) is 5.73 Å². The number of carbonyl (C=O) groups is 1. The number of fused-ring (bicyclic) bond motifs is 1. The molecule has 0 atom stereocenters. The van der Waals surface area contributed by atoms with Gasteiger partial charge in [0.15, 0.2) is 0 Å². The second-order valence-electron chi connectivity index (χ2n) is 4.31. The summed E-state index contributed by atoms with van der Waals surface area (Å²) < 4.78 is 2.39. The van der Waals surface area contributed by atoms with E-state index in [0.717, 1.165) is 4.57 Å². The monoisotopic (exact) mass is 261 g/mol. The molecule has 1 aromatic carbocycles. The Bertz CT molecular complexity index is 743. The minimum Gasteiger partial charge on any atom is -0.368 e. The van der Waals surface area contributed by atoms with Gasteiger partial charge in [-0.25, -0.2) is 4.79 Å². The van der Waals surface area contributed by atoms with Crippen molar-refractivity contribution < 1.29 is 4.79 Å². The fourth-order valence-electron chi connectivity index (χ4n) is 2.10. The highest BCUT2D eigenvalue weighted by atomic mass is 16.2. The molecule has 0 fully saturated rings. The molecular formula is C13H15N3O3. The molecule has 6 heteroatoms. The zero-order valence-electron chi connectivity index (χ0n) is 10.6. The van der Waals surface area contributed by atoms with Crippen molar-refractivity contribution in [3.8, 4) is 0 Å². The van der Waals surface area contributed by atoms with Crippen molar-refractivity contribution in [2.45, 2.75) is 26.4 Å². The fraction of sp³-hybridized carbons (Fsp3) is 0.308. The van der Waals surface area contributed by atoms with Gasteiger partial charge in [-0.15, -0.1) is 0 Å². The van der Waals surface area contributed by atoms with Crippen molar-refractivity contribution in [1.29, 1.82) is 0 Å². The number of para-hydroxylation sites is 1. The SMILES string of the molecule is CCCn1c(=O)c2ccccc2n(CC(N)=O)c1=O. The van der Waals surface area contributed by atoms with Gasteiger partial charge in [0.05, 0.1) is 10.9 Å². The fourth-order valence-corrected chi connectivity index (χ4v) is 2.10. The van der Waals surface area contributed by atoms with E-state index >= 15 is 0 Å². The van der Waals surface area contributed by atoms with E-state index < -0.39 is 11.6 Å². The van der Waals surface area contributed by atoms with Crippen LogP contribution in [0.15, 0.2) is 33.9 Å². The van der Waals surface area contributed by atoms with Crippen LogP contribution in [0.1, 0.15) is 13.3 Å². The van der Waals surface area contributed by atoms with Gasteiger partial charge in [0.25, 0.3) is 5.56 Å². The van der Waals surface area contributed by atoms with Crippen LogP contribution in [-0.2, 0) is 17.9 Å². The number of rotatable bonds is 4. The number of nitrogens with two attached hydrogens (primary N) is 1. The van der Waals surface area contributed by atoms with Crippen LogP contribution in [0.4, 0.5) is 0 Å². The molecule has 6 nitrogen and oxygen atoms in total. The Hall–Kier alpha value is -2.37. The second kappa shape index (κ2) is 5.09. The molecule has 0 aliphatic carbocycles. The molecule has 0 spiro atoms. The summed E-state index contributed by atoms with van der Waals surface area (Å²) in [5.74, 6) is -0.617. The Morgan fingerprint density at radius 1 is 1.21 bits per heavy atom. The van der Waals surface area contributed by atoms with Gasteiger partial charge in [0.2, 0.25) is 5.91 Å². The van der Waals surface area contributed by atoms with Crippen LogP contribution in [0.3, 0.4) is 0 Å². The molecule has 0 radical (unpaired) electrons. The number of carbonyl (C=O) groups excluding carboxylic acids is 1. The summed E-state index contributed by atoms with van der Waals surface area (Å²) >= 11 is 0. The lowest BCUT2D eigenvalue weighted by atomic mass is 10.2. The third-order valence-corrected chi connectivity index (χ3v) is 2.89. The van der Waals surface area contributed by atoms with E-state index in [1.54, 1.807) is 24.3 Å². The maximum absolute atomic E-state index is 12.2. The summed E-state index contributed by atoms with van der Waals surface area (Å²) in [4.78, 5) is 35.6. The minimum absolute atomic E-state index is 0.233. The van der Waals surface area contributed by atoms with Crippen LogP contribution >= 0.6 is 0 Å². The molecule has 1 heterocycles. The number of hydrogen-bond acceptors (Lipinski definition) is 3. The van der Waals surface area contributed by atoms with Crippen LogP contribution < -0.4 is 17.0 Å². The molecule has 2 N–H and O–H groups in total. The normalized spacial score (nSPS) is 10.8. The number of benzene rings is 1. The molecule has 2 rings (SSSR count). The molecule has 0 saturated carbocycles. The Labute approximate surface area is 109 Å². The second-order valence-corrected chi connectivity index (χ2v) is 4.31. The van der Waals surface area contributed by atoms with Crippen LogP contribution in [0, 0.1) is 0 Å². The Kier molecular flexibility index (Phi) is 3.50. The van der Waals surface area contributed by atoms with Crippen molar-refractivity contribution in [1.82, 2.24) is 9.13 Å². The van der Waals surface area contributed by atoms with Crippen LogP contribution in [0.5, 0.6) is 0 Å². The number of amides is 1. The van der Waals surface area contributed by atoms with E-state index in [2.05, 4.69) is 0 Å². The van der Waals surface area contributed by atoms with E-state index in [0.29, 0.717) is 23.9 Å². The summed E-state index contributed by atoms with van der Waals surface area (Å²) in [6.45, 7) is 1.96. The van der Waals surface area contributed by atoms with E-state index in [1.165, 1.54) is 4.57 Å². The summed E-state index contributed by atoms with van der Waals surface area (Å²) in [6, 6.07) is 6.71. The topological polar surface area (TPSA) is 87.1 Å². The molecule has 2 aromatic rings. The number of aromatic nitrogens is 2. The van der Waals surface area contributed by atoms with Gasteiger partial charge in [-0.05, 0) is 18.6 Å². The van der Waals surface area contributed by atoms with Crippen LogP contribution in [0.25, 0.3) is 10.9 Å². The van der Waals surface area contributed by atoms with Crippen molar-refractivity contribution in [3.05, 3.63) is 45.1 Å². The largest absolute Gasteiger partial charge is 0.368 e. The summed E-state index contributed by atoms with van der Waals surface area (Å²) in [5.41, 5.74) is 4.77. The minimum atomic E-state index is -0.617. The molecule has 0 bridgehead atoms. The zero-order valence-corrected chi connectivity index (χ0v) is 10.6. The molecule has 1 aromatic heterocycles. The summed E-state index contributed by atoms with van der Waals surface area (Å²) in [7, 11) is 0. The van der Waals surface area contributed by atoms with E-state index in [-0.39, 0.29) is 12.1 Å². The van der Waals surface area contributed by atoms with Gasteiger partial charge in [-0.3, -0.25) is 18.7 Å². The maximum Gasteiger partial charge on any atom is 0.331 e. The third kappa shape index (κ3) is 2.29. The van der Waals surface area contributed by atoms with Gasteiger partial charge < -0.3 is 5.73 Å². The summed E-state index contributed by atoms with van der Waals surface area (Å²) in [6.07, 6.45) is 0.657. The smallest absolute Gasteiger partial charge is 0.331 e. The Morgan fingerprint density at radius 2 is 1.89 bits per heavy atom. The lowest BCUT2D eigenvalue weighted by Crippen LogP contribution is -2.41. The van der Waals surface area contributed by atoms with E-state index in [1.807, 2.05) is 6.92 Å². The lowest BCUT2D eigenvalue weighted by molar-refractivity contribution is -0.118. The predicted octanol–water partition coefficient (Wildman–Crippen LogP) is 0.0585. The molecule has 0 saturated heterocycles. The molecule has 0 aliphatic rings. The molecule has 0 unspecified atom stereocenters. The van der Waals surface area contributed by atoms with Crippen molar-refractivity contribution in [3.63, 3.8) is 0 Å². The first-order valence-corrected chi connectivity index (χ1v) is 6.07. The number of hydrogen-bond donors (Lipinski definition) is 1. The first-order chi connectivity index (χ1) is 9.06. The Morgan fingerprint density at radius 3 is 2.53 bits per heavy atom. The van der Waals surface area contributed by atoms with Gasteiger partial charge in [-0.2, -0.15) is 0 Å². The predicted molar refractivity (Wildman–Crippen MR) is 72.0 cm³/mol. The number of primary amides is 1. The molecule has 100 valence electrons. The molecule has 0 aliphatic heterocycles. The molecule has 19 heavy (non-hydrogen) atoms. The third-order valence-electron chi connectivity index (χ3n) is 2.89. The lowest BCUT2D eigenvalue weighted by Gasteiger charge is -2.12. The van der Waals surface area contributed by atoms with Crippen molar-refractivity contribution in [2.24, 2.45) is 5.73 Å². The first-order valence-electron chi connectivity index (χ1n) is 6.07. The molecule has 1 amide bonds. The zero-order chi connectivity index (χ0) is 14.0. The van der Waals surface area contributed by atoms with E-state index in [9.17, 15) is 14.4 Å². The maximum atomic E-state index is 12.2. The summed E-state index contributed by atoms with van der Waals surface area (Å²) in [5, 5.41) is 0.414. The van der Waals surface area contributed by atoms with Crippen molar-refractivity contribution >= 4 is 16.8 Å². The van der Waals surface area contributed by atoms with Gasteiger partial charge in [0, 0.05) is 6.54 Å². The van der Waals surface area contributed by atoms with Gasteiger partial charge in [-0.1, -0.05) is 19.1 Å². The quantitative estimate of drug-likeness (QED) is 0.844. The van der Waals surface area contributed by atoms with Crippen LogP contribution in [0.2, 0.25) is 0 Å². The highest BCUT2D eigenvalue weighted by Crippen LogP contribution is 2.07. The van der Waals surface area contributed by atoms with Gasteiger partial charge in [0.1, 0.15) is 6.54 Å². The average molecular weight is 261 g/mol. The van der Waals surface area contributed by atoms with Crippen molar-refractivity contribution in [2.75, 3.05) is 0 Å². The standard InChI is InChI=1S/C13H15N3O3/c1-2-7-15-12(18)9-5-3-4-6-10(9)16(13(15)19)8-11(14)17/h3-6H,2,7-8H2,1H3,(H2,14,17). The first kappa shape index (κ1) is 13.1. The molecular weight excluding hydrogens is 246 g/mol. The number of nitrogens with zero attached hydrogens (tertiary/aromatic N) is 2. The highest BCUT2D eigenvalue weighted by Gasteiger charge is 2.13. The highest BCUT2D eigenvalue weighted by molar-refractivity contribution is 5.80. The van der Waals surface area contributed by atoms with Crippen LogP contribution in [-0.4, -0.2) is 15.0 Å². The Balaban J connectivity index is 2.88.